The summed E-state index contributed by atoms with van der Waals surface area (Å²) in [5.74, 6) is 0. The van der Waals surface area contributed by atoms with Crippen molar-refractivity contribution in [2.75, 3.05) is 0 Å². The van der Waals surface area contributed by atoms with Crippen LogP contribution >= 0.6 is 0 Å². The van der Waals surface area contributed by atoms with Crippen LogP contribution in [0.25, 0.3) is 0 Å². The zero-order valence-corrected chi connectivity index (χ0v) is 15.1. The first-order valence-electron chi connectivity index (χ1n) is 6.41. The molecule has 0 aromatic rings. The summed E-state index contributed by atoms with van der Waals surface area (Å²) in [5, 5.41) is 0. The average Bonchev–Trinajstić information content (AvgIpc) is 2.66. The van der Waals surface area contributed by atoms with E-state index < -0.39 is 23.2 Å². The molecule has 0 aromatic carbocycles. The van der Waals surface area contributed by atoms with E-state index in [1.54, 1.807) is 33.4 Å². The van der Waals surface area contributed by atoms with Gasteiger partial charge in [0.25, 0.3) is 0 Å². The molecule has 0 radical (unpaired) electrons. The number of rotatable bonds is 2. The third kappa shape index (κ3) is 3.42. The van der Waals surface area contributed by atoms with Gasteiger partial charge in [-0.05, 0) is 0 Å². The van der Waals surface area contributed by atoms with E-state index in [1.165, 1.54) is 12.8 Å². The van der Waals surface area contributed by atoms with E-state index in [-0.39, 0.29) is 9.41 Å². The van der Waals surface area contributed by atoms with Crippen molar-refractivity contribution in [3.05, 3.63) is 40.0 Å². The van der Waals surface area contributed by atoms with E-state index >= 15 is 0 Å². The van der Waals surface area contributed by atoms with Crippen LogP contribution in [-0.4, -0.2) is 0 Å². The van der Waals surface area contributed by atoms with Gasteiger partial charge in [0.2, 0.25) is 0 Å². The molecule has 3 heteroatoms. The Morgan fingerprint density at radius 2 is 0.895 bits per heavy atom. The van der Waals surface area contributed by atoms with Gasteiger partial charge in [-0.3, -0.25) is 0 Å². The minimum atomic E-state index is -0.491. The fraction of sp³-hybridized carbons (Fsp3) is 0.500. The standard InChI is InChI=1S/2C8H11.2FH.Zr/c2*1-6-4-5-7(2)8(6)3;;;/h2*4H2,1-3H3;2*1H;/q;;;;+2/p-2. The van der Waals surface area contributed by atoms with E-state index in [1.807, 2.05) is 6.56 Å². The summed E-state index contributed by atoms with van der Waals surface area (Å²) in [5.41, 5.74) is 9.59. The predicted octanol–water partition coefficient (Wildman–Crippen LogP) is -0.895. The Balaban J connectivity index is 0.00000162. The maximum Gasteiger partial charge on any atom is -1.00 e. The molecule has 0 nitrogen and oxygen atoms in total. The smallest absolute Gasteiger partial charge is 1.00 e. The minimum Gasteiger partial charge on any atom is -1.00 e. The molecule has 0 heterocycles. The maximum atomic E-state index is 2.33. The van der Waals surface area contributed by atoms with Crippen molar-refractivity contribution in [1.82, 2.24) is 0 Å². The van der Waals surface area contributed by atoms with Crippen LogP contribution in [-0.2, 0) is 23.2 Å². The molecular weight excluding hydrogens is 321 g/mol. The molecule has 0 amide bonds. The molecule has 0 spiro atoms. The molecule has 0 saturated heterocycles. The Hall–Kier alpha value is -0.297. The van der Waals surface area contributed by atoms with Crippen molar-refractivity contribution in [2.24, 2.45) is 0 Å². The molecule has 0 atom stereocenters. The monoisotopic (exact) mass is 342 g/mol. The van der Waals surface area contributed by atoms with Gasteiger partial charge in [-0.2, -0.15) is 0 Å². The Labute approximate surface area is 127 Å². The van der Waals surface area contributed by atoms with E-state index in [0.29, 0.717) is 0 Å². The fourth-order valence-corrected chi connectivity index (χ4v) is 7.09. The Kier molecular flexibility index (Phi) is 6.82. The molecule has 0 bridgehead atoms. The molecule has 0 fully saturated rings. The molecule has 104 valence electrons. The Bertz CT molecular complexity index is 459. The van der Waals surface area contributed by atoms with Gasteiger partial charge < -0.3 is 9.41 Å². The minimum absolute atomic E-state index is 0. The van der Waals surface area contributed by atoms with Crippen LogP contribution in [0.2, 0.25) is 0 Å². The average molecular weight is 344 g/mol. The number of allylic oxidation sites excluding steroid dienone is 8. The van der Waals surface area contributed by atoms with E-state index in [4.69, 9.17) is 0 Å². The first kappa shape index (κ1) is 18.7. The van der Waals surface area contributed by atoms with Crippen molar-refractivity contribution >= 4 is 0 Å². The largest absolute Gasteiger partial charge is 1.00 e. The summed E-state index contributed by atoms with van der Waals surface area (Å²) in [6, 6.07) is 0. The van der Waals surface area contributed by atoms with Gasteiger partial charge in [0, 0.05) is 0 Å². The van der Waals surface area contributed by atoms with E-state index in [2.05, 4.69) is 41.5 Å². The topological polar surface area (TPSA) is 0 Å². The molecule has 0 saturated carbocycles. The van der Waals surface area contributed by atoms with Crippen molar-refractivity contribution in [2.45, 2.75) is 54.4 Å². The molecular formula is C16H22F2Zr. The zero-order chi connectivity index (χ0) is 12.7. The van der Waals surface area contributed by atoms with Crippen LogP contribution in [0, 0.1) is 0 Å². The molecule has 19 heavy (non-hydrogen) atoms. The van der Waals surface area contributed by atoms with Crippen LogP contribution in [0.3, 0.4) is 0 Å². The maximum absolute atomic E-state index is 2.33. The molecule has 2 aliphatic rings. The summed E-state index contributed by atoms with van der Waals surface area (Å²) in [6.45, 7) is 13.9. The summed E-state index contributed by atoms with van der Waals surface area (Å²) < 4.78 is 3.64. The normalized spacial score (nSPS) is 18.8. The van der Waals surface area contributed by atoms with Crippen molar-refractivity contribution < 1.29 is 32.6 Å². The molecule has 2 rings (SSSR count). The molecule has 0 aromatic heterocycles. The second-order valence-electron chi connectivity index (χ2n) is 5.50. The third-order valence-electron chi connectivity index (χ3n) is 4.50. The van der Waals surface area contributed by atoms with Crippen molar-refractivity contribution in [1.29, 1.82) is 0 Å². The van der Waals surface area contributed by atoms with Gasteiger partial charge in [0.1, 0.15) is 0 Å². The van der Waals surface area contributed by atoms with Crippen LogP contribution in [0.4, 0.5) is 0 Å². The number of hydrogen-bond acceptors (Lipinski definition) is 0. The molecule has 2 aliphatic carbocycles. The van der Waals surface area contributed by atoms with E-state index in [0.717, 1.165) is 0 Å². The SMILES string of the molecule is CC1=C(C)C(C)=[C]([Zr+2][C]2=C(C)C(C)=C(C)C2)C1.[F-].[F-]. The third-order valence-corrected chi connectivity index (χ3v) is 8.69. The van der Waals surface area contributed by atoms with Crippen LogP contribution in [0.1, 0.15) is 54.4 Å². The summed E-state index contributed by atoms with van der Waals surface area (Å²) in [4.78, 5) is 0. The van der Waals surface area contributed by atoms with Gasteiger partial charge >= 0.3 is 118 Å². The van der Waals surface area contributed by atoms with E-state index in [9.17, 15) is 0 Å². The second kappa shape index (κ2) is 6.93. The first-order chi connectivity index (χ1) is 7.91. The zero-order valence-electron chi connectivity index (χ0n) is 12.7. The van der Waals surface area contributed by atoms with Gasteiger partial charge in [0.15, 0.2) is 0 Å². The summed E-state index contributed by atoms with van der Waals surface area (Å²) >= 11 is -0.491. The Morgan fingerprint density at radius 1 is 0.579 bits per heavy atom. The fourth-order valence-electron chi connectivity index (χ4n) is 2.61. The molecule has 0 unspecified atom stereocenters. The van der Waals surface area contributed by atoms with Crippen LogP contribution < -0.4 is 9.41 Å². The second-order valence-corrected chi connectivity index (χ2v) is 9.08. The van der Waals surface area contributed by atoms with Crippen molar-refractivity contribution in [3.8, 4) is 0 Å². The molecule has 0 N–H and O–H groups in total. The van der Waals surface area contributed by atoms with Crippen molar-refractivity contribution in [3.63, 3.8) is 0 Å². The number of halogens is 2. The van der Waals surface area contributed by atoms with Gasteiger partial charge in [-0.15, -0.1) is 0 Å². The van der Waals surface area contributed by atoms with Gasteiger partial charge in [-0.1, -0.05) is 0 Å². The van der Waals surface area contributed by atoms with Crippen LogP contribution in [0.5, 0.6) is 0 Å². The summed E-state index contributed by atoms with van der Waals surface area (Å²) in [6.07, 6.45) is 2.55. The van der Waals surface area contributed by atoms with Gasteiger partial charge in [-0.25, -0.2) is 0 Å². The van der Waals surface area contributed by atoms with Gasteiger partial charge in [0.05, 0.1) is 0 Å². The quantitative estimate of drug-likeness (QED) is 0.610. The first-order valence-corrected chi connectivity index (χ1v) is 8.87. The number of hydrogen-bond donors (Lipinski definition) is 0. The molecule has 0 aliphatic heterocycles. The Morgan fingerprint density at radius 3 is 1.11 bits per heavy atom. The van der Waals surface area contributed by atoms with Crippen LogP contribution in [0.15, 0.2) is 40.0 Å². The summed E-state index contributed by atoms with van der Waals surface area (Å²) in [7, 11) is 0. The predicted molar refractivity (Wildman–Crippen MR) is 71.4 cm³/mol.